The maximum atomic E-state index is 13.5. The molecule has 3 heterocycles. The summed E-state index contributed by atoms with van der Waals surface area (Å²) in [6.07, 6.45) is 13.1. The Hall–Kier alpha value is -2.59. The van der Waals surface area contributed by atoms with Crippen LogP contribution in [0, 0.1) is 23.7 Å². The van der Waals surface area contributed by atoms with E-state index < -0.39 is 21.2 Å². The average Bonchev–Trinajstić information content (AvgIpc) is 3.09. The molecule has 0 aromatic heterocycles. The number of nitrogens with zero attached hydrogens (tertiary/aromatic N) is 1. The number of amides is 1. The van der Waals surface area contributed by atoms with Crippen molar-refractivity contribution in [3.63, 3.8) is 0 Å². The Balaban J connectivity index is 1.31. The Labute approximate surface area is 291 Å². The molecule has 1 N–H and O–H groups in total. The zero-order chi connectivity index (χ0) is 33.7. The number of nitrogens with one attached hydrogen (secondary N) is 1. The molecule has 1 saturated carbocycles. The minimum atomic E-state index is -3.91. The van der Waals surface area contributed by atoms with Crippen molar-refractivity contribution < 1.29 is 27.4 Å². The van der Waals surface area contributed by atoms with E-state index in [0.29, 0.717) is 48.7 Å². The molecule has 0 unspecified atom stereocenters. The van der Waals surface area contributed by atoms with Crippen molar-refractivity contribution in [3.05, 3.63) is 70.3 Å². The maximum Gasteiger partial charge on any atom is 0.264 e. The molecule has 262 valence electrons. The second-order valence-corrected chi connectivity index (χ2v) is 16.8. The summed E-state index contributed by atoms with van der Waals surface area (Å²) in [4.78, 5) is 15.8. The molecular formula is C38H51ClN2O6S. The lowest BCUT2D eigenvalue weighted by atomic mass is 9.70. The standard InChI is InChI=1S/C38H51ClN2O6S/c1-26-6-5-8-36(46-21-17-28-15-19-45-20-16-28)34-13-10-31(34)24-41-18-4-3-7-29-22-33(39)12-9-32(29)25-47-37-14-11-30(23-35(37)41)38(42)40-48(43,44)27(26)2/h5,8-9,11-12,14,22-23,26-28,31,34,36H,3-4,6-7,10,13,15-21,24-25H2,1-2H3,(H,40,42)/b8-5+/t26-,27+,31-,34+,36-/m0/s1. The van der Waals surface area contributed by atoms with E-state index in [0.717, 1.165) is 93.9 Å². The summed E-state index contributed by atoms with van der Waals surface area (Å²) in [6.45, 7) is 7.96. The number of carbonyl (C=O) groups is 1. The molecule has 8 nitrogen and oxygen atoms in total. The summed E-state index contributed by atoms with van der Waals surface area (Å²) < 4.78 is 47.9. The second kappa shape index (κ2) is 16.0. The predicted octanol–water partition coefficient (Wildman–Crippen LogP) is 7.33. The topological polar surface area (TPSA) is 94.2 Å². The Morgan fingerprint density at radius 2 is 1.85 bits per heavy atom. The van der Waals surface area contributed by atoms with Crippen LogP contribution in [0.4, 0.5) is 5.69 Å². The van der Waals surface area contributed by atoms with Gasteiger partial charge in [0.2, 0.25) is 10.0 Å². The fourth-order valence-electron chi connectivity index (χ4n) is 7.55. The molecular weight excluding hydrogens is 648 g/mol. The minimum Gasteiger partial charge on any atom is -0.487 e. The second-order valence-electron chi connectivity index (χ2n) is 14.3. The number of fused-ring (bicyclic) bond motifs is 3. The van der Waals surface area contributed by atoms with E-state index in [-0.39, 0.29) is 12.0 Å². The van der Waals surface area contributed by atoms with Gasteiger partial charge in [0.15, 0.2) is 0 Å². The highest BCUT2D eigenvalue weighted by atomic mass is 35.5. The van der Waals surface area contributed by atoms with Gasteiger partial charge in [-0.15, -0.1) is 0 Å². The van der Waals surface area contributed by atoms with Gasteiger partial charge in [-0.25, -0.2) is 13.1 Å². The van der Waals surface area contributed by atoms with Crippen molar-refractivity contribution in [2.45, 2.75) is 89.6 Å². The van der Waals surface area contributed by atoms with Gasteiger partial charge in [0.25, 0.3) is 5.91 Å². The highest BCUT2D eigenvalue weighted by molar-refractivity contribution is 7.90. The van der Waals surface area contributed by atoms with E-state index in [9.17, 15) is 13.2 Å². The number of hydrogen-bond donors (Lipinski definition) is 1. The smallest absolute Gasteiger partial charge is 0.264 e. The average molecular weight is 699 g/mol. The number of aryl methyl sites for hydroxylation is 1. The molecule has 1 aliphatic carbocycles. The third-order valence-corrected chi connectivity index (χ3v) is 13.3. The van der Waals surface area contributed by atoms with E-state index >= 15 is 0 Å². The molecule has 1 saturated heterocycles. The molecule has 2 aromatic rings. The van der Waals surface area contributed by atoms with Gasteiger partial charge in [-0.3, -0.25) is 4.79 Å². The van der Waals surface area contributed by atoms with Crippen LogP contribution in [0.25, 0.3) is 0 Å². The van der Waals surface area contributed by atoms with Gasteiger partial charge in [-0.2, -0.15) is 0 Å². The number of halogens is 1. The van der Waals surface area contributed by atoms with Crippen molar-refractivity contribution in [2.75, 3.05) is 37.8 Å². The monoisotopic (exact) mass is 698 g/mol. The molecule has 1 amide bonds. The van der Waals surface area contributed by atoms with Crippen molar-refractivity contribution in [1.29, 1.82) is 0 Å². The van der Waals surface area contributed by atoms with Crippen molar-refractivity contribution in [1.82, 2.24) is 4.72 Å². The Kier molecular flexibility index (Phi) is 11.7. The van der Waals surface area contributed by atoms with E-state index in [2.05, 4.69) is 21.8 Å². The predicted molar refractivity (Wildman–Crippen MR) is 190 cm³/mol. The van der Waals surface area contributed by atoms with Gasteiger partial charge in [0.1, 0.15) is 12.4 Å². The molecule has 0 spiro atoms. The Bertz CT molecular complexity index is 1560. The van der Waals surface area contributed by atoms with Crippen LogP contribution in [-0.4, -0.2) is 58.6 Å². The first-order chi connectivity index (χ1) is 23.2. The number of sulfonamides is 1. The lowest BCUT2D eigenvalue weighted by molar-refractivity contribution is -0.0242. The van der Waals surface area contributed by atoms with Gasteiger partial charge in [0, 0.05) is 43.5 Å². The molecule has 48 heavy (non-hydrogen) atoms. The summed E-state index contributed by atoms with van der Waals surface area (Å²) in [6, 6.07) is 11.3. The van der Waals surface area contributed by atoms with E-state index in [1.54, 1.807) is 13.0 Å². The number of allylic oxidation sites excluding steroid dienone is 1. The van der Waals surface area contributed by atoms with Crippen LogP contribution in [0.1, 0.15) is 86.7 Å². The van der Waals surface area contributed by atoms with Crippen LogP contribution >= 0.6 is 11.6 Å². The first-order valence-electron chi connectivity index (χ1n) is 17.9. The number of ether oxygens (including phenoxy) is 3. The molecule has 2 bridgehead atoms. The molecule has 6 rings (SSSR count). The maximum absolute atomic E-state index is 13.5. The zero-order valence-corrected chi connectivity index (χ0v) is 29.9. The lowest BCUT2D eigenvalue weighted by Crippen LogP contribution is -2.44. The number of rotatable bonds is 4. The highest BCUT2D eigenvalue weighted by Gasteiger charge is 2.38. The SMILES string of the molecule is C[C@@H]1[C@@H](C)C/C=C/[C@H](OCCC2CCOCC2)[C@@H]2CC[C@H]2CN2CCCCc3cc(Cl)ccc3COc3ccc(cc32)C(=O)NS1(=O)=O. The number of hydrogen-bond acceptors (Lipinski definition) is 7. The first-order valence-corrected chi connectivity index (χ1v) is 19.8. The normalized spacial score (nSPS) is 29.2. The van der Waals surface area contributed by atoms with E-state index in [4.69, 9.17) is 25.8 Å². The first kappa shape index (κ1) is 35.2. The lowest BCUT2D eigenvalue weighted by Gasteiger charge is -2.44. The Morgan fingerprint density at radius 1 is 1.02 bits per heavy atom. The minimum absolute atomic E-state index is 0.0273. The summed E-state index contributed by atoms with van der Waals surface area (Å²) in [5.41, 5.74) is 3.42. The fraction of sp³-hybridized carbons (Fsp3) is 0.605. The van der Waals surface area contributed by atoms with Gasteiger partial charge in [-0.1, -0.05) is 36.7 Å². The molecule has 0 radical (unpaired) electrons. The third kappa shape index (κ3) is 8.58. The van der Waals surface area contributed by atoms with Gasteiger partial charge in [-0.05, 0) is 130 Å². The molecule has 10 heteroatoms. The van der Waals surface area contributed by atoms with Crippen molar-refractivity contribution in [2.24, 2.45) is 23.7 Å². The quantitative estimate of drug-likeness (QED) is 0.334. The van der Waals surface area contributed by atoms with Crippen LogP contribution in [0.3, 0.4) is 0 Å². The van der Waals surface area contributed by atoms with E-state index in [1.807, 2.05) is 37.3 Å². The van der Waals surface area contributed by atoms with Crippen LogP contribution in [0.15, 0.2) is 48.6 Å². The molecule has 3 aliphatic heterocycles. The van der Waals surface area contributed by atoms with Crippen LogP contribution < -0.4 is 14.4 Å². The van der Waals surface area contributed by atoms with E-state index in [1.165, 1.54) is 5.56 Å². The molecule has 4 aliphatic rings. The Morgan fingerprint density at radius 3 is 2.65 bits per heavy atom. The van der Waals surface area contributed by atoms with Gasteiger partial charge < -0.3 is 19.1 Å². The van der Waals surface area contributed by atoms with Crippen LogP contribution in [-0.2, 0) is 32.5 Å². The van der Waals surface area contributed by atoms with Gasteiger partial charge in [0.05, 0.1) is 17.0 Å². The summed E-state index contributed by atoms with van der Waals surface area (Å²) in [5.74, 6) is 1.29. The largest absolute Gasteiger partial charge is 0.487 e. The summed E-state index contributed by atoms with van der Waals surface area (Å²) in [5, 5.41) is -0.0318. The number of benzene rings is 2. The van der Waals surface area contributed by atoms with Crippen LogP contribution in [0.2, 0.25) is 5.02 Å². The summed E-state index contributed by atoms with van der Waals surface area (Å²) >= 11 is 6.37. The fourth-order valence-corrected chi connectivity index (χ4v) is 9.03. The van der Waals surface area contributed by atoms with Crippen molar-refractivity contribution >= 4 is 33.2 Å². The third-order valence-electron chi connectivity index (χ3n) is 11.1. The molecule has 2 aromatic carbocycles. The summed E-state index contributed by atoms with van der Waals surface area (Å²) in [7, 11) is -3.91. The van der Waals surface area contributed by atoms with Gasteiger partial charge >= 0.3 is 0 Å². The highest BCUT2D eigenvalue weighted by Crippen LogP contribution is 2.42. The molecule has 5 atom stereocenters. The zero-order valence-electron chi connectivity index (χ0n) is 28.4. The number of anilines is 1. The van der Waals surface area contributed by atoms with Crippen LogP contribution in [0.5, 0.6) is 5.75 Å². The number of carbonyl (C=O) groups excluding carboxylic acids is 1. The molecule has 2 fully saturated rings. The van der Waals surface area contributed by atoms with Crippen molar-refractivity contribution in [3.8, 4) is 5.75 Å².